The summed E-state index contributed by atoms with van der Waals surface area (Å²) in [5.74, 6) is 1.97. The molecule has 30 heavy (non-hydrogen) atoms. The van der Waals surface area contributed by atoms with Crippen molar-refractivity contribution >= 4 is 28.7 Å². The first-order valence-corrected chi connectivity index (χ1v) is 11.2. The number of aliphatic hydroxyl groups is 1. The number of fused-ring (bicyclic) bond motifs is 1. The highest BCUT2D eigenvalue weighted by molar-refractivity contribution is 7.99. The molecule has 0 saturated heterocycles. The molecular formula is C22H31N5O2S. The first kappa shape index (κ1) is 22.4. The van der Waals surface area contributed by atoms with Crippen molar-refractivity contribution < 1.29 is 9.84 Å². The second-order valence-corrected chi connectivity index (χ2v) is 9.09. The average Bonchev–Trinajstić information content (AvgIpc) is 3.16. The second-order valence-electron chi connectivity index (χ2n) is 7.89. The van der Waals surface area contributed by atoms with E-state index in [1.54, 1.807) is 18.9 Å². The molecule has 3 rings (SSSR count). The minimum absolute atomic E-state index is 0.157. The van der Waals surface area contributed by atoms with Gasteiger partial charge in [0.25, 0.3) is 0 Å². The Balaban J connectivity index is 1.92. The largest absolute Gasteiger partial charge is 0.497 e. The molecule has 3 aromatic rings. The second kappa shape index (κ2) is 10.1. The van der Waals surface area contributed by atoms with Gasteiger partial charge >= 0.3 is 0 Å². The van der Waals surface area contributed by atoms with Crippen LogP contribution >= 0.6 is 11.8 Å². The fourth-order valence-corrected chi connectivity index (χ4v) is 4.22. The summed E-state index contributed by atoms with van der Waals surface area (Å²) in [5.41, 5.74) is 2.72. The Labute approximate surface area is 182 Å². The molecule has 1 aromatic carbocycles. The third-order valence-corrected chi connectivity index (χ3v) is 6.47. The number of aromatic nitrogens is 4. The number of aliphatic hydroxyl groups excluding tert-OH is 1. The van der Waals surface area contributed by atoms with Gasteiger partial charge < -0.3 is 19.7 Å². The van der Waals surface area contributed by atoms with Gasteiger partial charge in [-0.15, -0.1) is 0 Å². The van der Waals surface area contributed by atoms with Gasteiger partial charge in [-0.05, 0) is 43.9 Å². The van der Waals surface area contributed by atoms with Crippen LogP contribution in [0.5, 0.6) is 5.75 Å². The number of ether oxygens (including phenoxy) is 1. The van der Waals surface area contributed by atoms with Gasteiger partial charge in [0.05, 0.1) is 13.4 Å². The maximum atomic E-state index is 9.43. The van der Waals surface area contributed by atoms with Crippen LogP contribution < -0.4 is 10.1 Å². The number of nitrogens with zero attached hydrogens (tertiary/aromatic N) is 4. The predicted molar refractivity (Wildman–Crippen MR) is 122 cm³/mol. The van der Waals surface area contributed by atoms with Crippen molar-refractivity contribution in [3.8, 4) is 5.75 Å². The van der Waals surface area contributed by atoms with Gasteiger partial charge in [0.1, 0.15) is 5.75 Å². The van der Waals surface area contributed by atoms with E-state index in [1.807, 2.05) is 30.6 Å². The van der Waals surface area contributed by atoms with Gasteiger partial charge in [-0.1, -0.05) is 37.7 Å². The minimum atomic E-state index is 0.157. The van der Waals surface area contributed by atoms with E-state index in [0.29, 0.717) is 24.0 Å². The average molecular weight is 430 g/mol. The number of methoxy groups -OCH3 is 1. The Hall–Kier alpha value is -2.32. The highest BCUT2D eigenvalue weighted by atomic mass is 32.2. The highest BCUT2D eigenvalue weighted by Crippen LogP contribution is 2.31. The summed E-state index contributed by atoms with van der Waals surface area (Å²) >= 11 is 1.62. The Kier molecular flexibility index (Phi) is 7.55. The van der Waals surface area contributed by atoms with E-state index >= 15 is 0 Å². The lowest BCUT2D eigenvalue weighted by molar-refractivity contribution is 0.279. The van der Waals surface area contributed by atoms with Crippen LogP contribution in [-0.2, 0) is 6.54 Å². The van der Waals surface area contributed by atoms with E-state index < -0.39 is 0 Å². The van der Waals surface area contributed by atoms with Crippen LogP contribution in [0.2, 0.25) is 0 Å². The molecule has 2 heterocycles. The minimum Gasteiger partial charge on any atom is -0.497 e. The van der Waals surface area contributed by atoms with Crippen molar-refractivity contribution in [2.45, 2.75) is 57.1 Å². The van der Waals surface area contributed by atoms with E-state index in [4.69, 9.17) is 14.7 Å². The maximum Gasteiger partial charge on any atom is 0.191 e. The number of hydrogen-bond acceptors (Lipinski definition) is 7. The van der Waals surface area contributed by atoms with Crippen LogP contribution in [0.3, 0.4) is 0 Å². The lowest BCUT2D eigenvalue weighted by Gasteiger charge is -2.19. The molecule has 0 amide bonds. The number of thioether (sulfide) groups is 1. The van der Waals surface area contributed by atoms with E-state index in [9.17, 15) is 5.11 Å². The number of rotatable bonds is 10. The molecule has 0 aliphatic carbocycles. The first-order valence-electron chi connectivity index (χ1n) is 10.3. The number of anilines is 1. The SMILES string of the molecule is COc1ccc(CNc2nc(SC(CCO)C(C)C)nc3c2ncn3C(C)C)cc1. The smallest absolute Gasteiger partial charge is 0.191 e. The van der Waals surface area contributed by atoms with Crippen molar-refractivity contribution in [3.63, 3.8) is 0 Å². The van der Waals surface area contributed by atoms with Crippen molar-refractivity contribution in [3.05, 3.63) is 36.2 Å². The Morgan fingerprint density at radius 2 is 1.87 bits per heavy atom. The van der Waals surface area contributed by atoms with Crippen molar-refractivity contribution in [2.75, 3.05) is 19.0 Å². The molecule has 1 unspecified atom stereocenters. The molecule has 0 aliphatic rings. The lowest BCUT2D eigenvalue weighted by atomic mass is 10.1. The molecule has 162 valence electrons. The van der Waals surface area contributed by atoms with Gasteiger partial charge in [-0.25, -0.2) is 15.0 Å². The van der Waals surface area contributed by atoms with Crippen LogP contribution in [0.4, 0.5) is 5.82 Å². The van der Waals surface area contributed by atoms with E-state index in [1.165, 1.54) is 0 Å². The normalized spacial score (nSPS) is 12.7. The van der Waals surface area contributed by atoms with Crippen molar-refractivity contribution in [1.29, 1.82) is 0 Å². The van der Waals surface area contributed by atoms with Crippen LogP contribution in [0.15, 0.2) is 35.7 Å². The molecule has 0 aliphatic heterocycles. The molecule has 2 N–H and O–H groups in total. The first-order chi connectivity index (χ1) is 14.4. The Bertz CT molecular complexity index is 956. The van der Waals surface area contributed by atoms with Crippen LogP contribution in [-0.4, -0.2) is 43.6 Å². The van der Waals surface area contributed by atoms with Gasteiger partial charge in [-0.2, -0.15) is 0 Å². The van der Waals surface area contributed by atoms with Gasteiger partial charge in [-0.3, -0.25) is 0 Å². The summed E-state index contributed by atoms with van der Waals surface area (Å²) in [4.78, 5) is 14.2. The quantitative estimate of drug-likeness (QED) is 0.362. The fourth-order valence-electron chi connectivity index (χ4n) is 3.17. The molecule has 0 bridgehead atoms. The van der Waals surface area contributed by atoms with Crippen molar-refractivity contribution in [1.82, 2.24) is 19.5 Å². The zero-order valence-corrected chi connectivity index (χ0v) is 19.1. The van der Waals surface area contributed by atoms with E-state index in [2.05, 4.69) is 42.6 Å². The molecule has 0 saturated carbocycles. The summed E-state index contributed by atoms with van der Waals surface area (Å²) in [5, 5.41) is 13.8. The number of hydrogen-bond donors (Lipinski definition) is 2. The standard InChI is InChI=1S/C22H31N5O2S/c1-14(2)18(10-11-28)30-22-25-20(19-21(26-22)27(13-24-19)15(3)4)23-12-16-6-8-17(29-5)9-7-16/h6-9,13-15,18,28H,10-12H2,1-5H3,(H,23,25,26). The number of nitrogens with one attached hydrogen (secondary N) is 1. The monoisotopic (exact) mass is 429 g/mol. The molecular weight excluding hydrogens is 398 g/mol. The molecule has 0 radical (unpaired) electrons. The summed E-state index contributed by atoms with van der Waals surface area (Å²) in [6.45, 7) is 9.33. The fraction of sp³-hybridized carbons (Fsp3) is 0.500. The molecule has 2 aromatic heterocycles. The summed E-state index contributed by atoms with van der Waals surface area (Å²) < 4.78 is 7.30. The molecule has 1 atom stereocenters. The van der Waals surface area contributed by atoms with Crippen LogP contribution in [0.25, 0.3) is 11.2 Å². The zero-order chi connectivity index (χ0) is 21.7. The number of benzene rings is 1. The molecule has 8 heteroatoms. The lowest BCUT2D eigenvalue weighted by Crippen LogP contribution is -2.14. The highest BCUT2D eigenvalue weighted by Gasteiger charge is 2.20. The third kappa shape index (κ3) is 5.23. The van der Waals surface area contributed by atoms with Gasteiger partial charge in [0.15, 0.2) is 22.1 Å². The van der Waals surface area contributed by atoms with Crippen LogP contribution in [0, 0.1) is 5.92 Å². The van der Waals surface area contributed by atoms with Crippen molar-refractivity contribution in [2.24, 2.45) is 5.92 Å². The van der Waals surface area contributed by atoms with Gasteiger partial charge in [0, 0.05) is 24.4 Å². The molecule has 0 fully saturated rings. The Morgan fingerprint density at radius 1 is 1.13 bits per heavy atom. The molecule has 0 spiro atoms. The predicted octanol–water partition coefficient (Wildman–Crippen LogP) is 4.53. The Morgan fingerprint density at radius 3 is 2.47 bits per heavy atom. The summed E-state index contributed by atoms with van der Waals surface area (Å²) in [7, 11) is 1.66. The van der Waals surface area contributed by atoms with Crippen LogP contribution in [0.1, 0.15) is 45.7 Å². The summed E-state index contributed by atoms with van der Waals surface area (Å²) in [6, 6.07) is 8.20. The van der Waals surface area contributed by atoms with E-state index in [-0.39, 0.29) is 17.9 Å². The number of imidazole rings is 1. The van der Waals surface area contributed by atoms with Gasteiger partial charge in [0.2, 0.25) is 0 Å². The molecule has 7 nitrogen and oxygen atoms in total. The zero-order valence-electron chi connectivity index (χ0n) is 18.3. The summed E-state index contributed by atoms with van der Waals surface area (Å²) in [6.07, 6.45) is 2.53. The maximum absolute atomic E-state index is 9.43. The topological polar surface area (TPSA) is 85.1 Å². The third-order valence-electron chi connectivity index (χ3n) is 4.99. The van der Waals surface area contributed by atoms with E-state index in [0.717, 1.165) is 28.3 Å².